The molecule has 1 atom stereocenters. The van der Waals surface area contributed by atoms with E-state index < -0.39 is 0 Å². The molecule has 1 amide bonds. The first kappa shape index (κ1) is 16.0. The van der Waals surface area contributed by atoms with Crippen molar-refractivity contribution in [2.75, 3.05) is 13.1 Å². The Morgan fingerprint density at radius 1 is 1.29 bits per heavy atom. The van der Waals surface area contributed by atoms with Crippen molar-refractivity contribution in [1.82, 2.24) is 10.2 Å². The lowest BCUT2D eigenvalue weighted by Gasteiger charge is -2.36. The number of hydrogen-bond acceptors (Lipinski definition) is 2. The molecule has 1 unspecified atom stereocenters. The maximum atomic E-state index is 11.8. The molecule has 1 aromatic rings. The molecule has 21 heavy (non-hydrogen) atoms. The third kappa shape index (κ3) is 5.50. The van der Waals surface area contributed by atoms with Gasteiger partial charge in [-0.2, -0.15) is 0 Å². The molecule has 0 aliphatic carbocycles. The number of piperidine rings is 1. The van der Waals surface area contributed by atoms with Gasteiger partial charge in [0.1, 0.15) is 0 Å². The summed E-state index contributed by atoms with van der Waals surface area (Å²) in [6.07, 6.45) is 6.48. The third-order valence-corrected chi connectivity index (χ3v) is 4.27. The number of amides is 1. The van der Waals surface area contributed by atoms with Crippen molar-refractivity contribution in [2.45, 2.75) is 58.0 Å². The van der Waals surface area contributed by atoms with Crippen LogP contribution < -0.4 is 5.32 Å². The van der Waals surface area contributed by atoms with Crippen molar-refractivity contribution in [3.8, 4) is 0 Å². The van der Waals surface area contributed by atoms with Crippen LogP contribution in [0, 0.1) is 0 Å². The molecule has 3 nitrogen and oxygen atoms in total. The molecule has 1 saturated heterocycles. The molecule has 1 aromatic carbocycles. The fraction of sp³-hybridized carbons (Fsp3) is 0.611. The Morgan fingerprint density at radius 2 is 2.10 bits per heavy atom. The highest BCUT2D eigenvalue weighted by Crippen LogP contribution is 2.19. The first-order chi connectivity index (χ1) is 10.3. The van der Waals surface area contributed by atoms with Crippen LogP contribution in [0.15, 0.2) is 30.3 Å². The summed E-state index contributed by atoms with van der Waals surface area (Å²) in [4.78, 5) is 14.3. The van der Waals surface area contributed by atoms with Gasteiger partial charge in [0.05, 0.1) is 0 Å². The Labute approximate surface area is 128 Å². The van der Waals surface area contributed by atoms with E-state index in [0.29, 0.717) is 12.5 Å². The van der Waals surface area contributed by atoms with Crippen molar-refractivity contribution in [2.24, 2.45) is 0 Å². The van der Waals surface area contributed by atoms with E-state index in [-0.39, 0.29) is 5.91 Å². The maximum absolute atomic E-state index is 11.8. The minimum Gasteiger partial charge on any atom is -0.355 e. The van der Waals surface area contributed by atoms with Crippen LogP contribution in [0.25, 0.3) is 0 Å². The number of nitrogens with zero attached hydrogens (tertiary/aromatic N) is 1. The van der Waals surface area contributed by atoms with Crippen LogP contribution in [-0.4, -0.2) is 29.9 Å². The van der Waals surface area contributed by atoms with Gasteiger partial charge in [-0.15, -0.1) is 0 Å². The normalized spacial score (nSPS) is 19.4. The standard InChI is InChI=1S/C18H28N2O/c1-2-3-12-18(21)19-14-17-11-7-8-13-20(17)15-16-9-5-4-6-10-16/h4-6,9-10,17H,2-3,7-8,11-15H2,1H3,(H,19,21). The Kier molecular flexibility index (Phi) is 6.74. The zero-order valence-corrected chi connectivity index (χ0v) is 13.2. The summed E-state index contributed by atoms with van der Waals surface area (Å²) < 4.78 is 0. The number of rotatable bonds is 7. The van der Waals surface area contributed by atoms with Gasteiger partial charge in [-0.1, -0.05) is 50.1 Å². The average molecular weight is 288 g/mol. The van der Waals surface area contributed by atoms with Gasteiger partial charge in [0.25, 0.3) is 0 Å². The lowest BCUT2D eigenvalue weighted by molar-refractivity contribution is -0.121. The topological polar surface area (TPSA) is 32.3 Å². The molecule has 0 radical (unpaired) electrons. The zero-order valence-electron chi connectivity index (χ0n) is 13.2. The summed E-state index contributed by atoms with van der Waals surface area (Å²) in [5.41, 5.74) is 1.36. The monoisotopic (exact) mass is 288 g/mol. The SMILES string of the molecule is CCCCC(=O)NCC1CCCCN1Cc1ccccc1. The molecule has 1 fully saturated rings. The molecule has 3 heteroatoms. The van der Waals surface area contributed by atoms with E-state index in [1.807, 2.05) is 0 Å². The molecular weight excluding hydrogens is 260 g/mol. The predicted molar refractivity (Wildman–Crippen MR) is 87.0 cm³/mol. The number of nitrogens with one attached hydrogen (secondary N) is 1. The van der Waals surface area contributed by atoms with Crippen molar-refractivity contribution >= 4 is 5.91 Å². The number of carbonyl (C=O) groups is 1. The van der Waals surface area contributed by atoms with E-state index in [1.54, 1.807) is 0 Å². The summed E-state index contributed by atoms with van der Waals surface area (Å²) in [6.45, 7) is 5.06. The van der Waals surface area contributed by atoms with Crippen LogP contribution in [0.5, 0.6) is 0 Å². The lowest BCUT2D eigenvalue weighted by Crippen LogP contribution is -2.46. The molecule has 1 heterocycles. The van der Waals surface area contributed by atoms with E-state index >= 15 is 0 Å². The maximum Gasteiger partial charge on any atom is 0.220 e. The molecule has 0 spiro atoms. The van der Waals surface area contributed by atoms with Crippen molar-refractivity contribution < 1.29 is 4.79 Å². The summed E-state index contributed by atoms with van der Waals surface area (Å²) in [5.74, 6) is 0.210. The van der Waals surface area contributed by atoms with Gasteiger partial charge in [0, 0.05) is 25.6 Å². The minimum absolute atomic E-state index is 0.210. The first-order valence-corrected chi connectivity index (χ1v) is 8.34. The van der Waals surface area contributed by atoms with E-state index in [9.17, 15) is 4.79 Å². The fourth-order valence-electron chi connectivity index (χ4n) is 2.97. The van der Waals surface area contributed by atoms with Crippen LogP contribution in [0.4, 0.5) is 0 Å². The molecular formula is C18H28N2O. The highest BCUT2D eigenvalue weighted by molar-refractivity contribution is 5.75. The van der Waals surface area contributed by atoms with Crippen LogP contribution in [0.2, 0.25) is 0 Å². The Hall–Kier alpha value is -1.35. The van der Waals surface area contributed by atoms with Gasteiger partial charge in [0.15, 0.2) is 0 Å². The predicted octanol–water partition coefficient (Wildman–Crippen LogP) is 3.35. The average Bonchev–Trinajstić information content (AvgIpc) is 2.53. The summed E-state index contributed by atoms with van der Waals surface area (Å²) >= 11 is 0. The van der Waals surface area contributed by atoms with Gasteiger partial charge in [-0.05, 0) is 31.4 Å². The highest BCUT2D eigenvalue weighted by atomic mass is 16.1. The van der Waals surface area contributed by atoms with Gasteiger partial charge >= 0.3 is 0 Å². The van der Waals surface area contributed by atoms with Crippen LogP contribution >= 0.6 is 0 Å². The number of benzene rings is 1. The first-order valence-electron chi connectivity index (χ1n) is 8.34. The van der Waals surface area contributed by atoms with Gasteiger partial charge in [-0.3, -0.25) is 9.69 Å². The summed E-state index contributed by atoms with van der Waals surface area (Å²) in [6, 6.07) is 11.1. The quantitative estimate of drug-likeness (QED) is 0.834. The second-order valence-corrected chi connectivity index (χ2v) is 6.01. The Balaban J connectivity index is 1.82. The zero-order chi connectivity index (χ0) is 14.9. The van der Waals surface area contributed by atoms with E-state index in [4.69, 9.17) is 0 Å². The van der Waals surface area contributed by atoms with Crippen molar-refractivity contribution in [3.63, 3.8) is 0 Å². The molecule has 0 aromatic heterocycles. The van der Waals surface area contributed by atoms with Crippen molar-refractivity contribution in [3.05, 3.63) is 35.9 Å². The Morgan fingerprint density at radius 3 is 2.86 bits per heavy atom. The van der Waals surface area contributed by atoms with Crippen LogP contribution in [0.3, 0.4) is 0 Å². The summed E-state index contributed by atoms with van der Waals surface area (Å²) in [5, 5.41) is 3.12. The van der Waals surface area contributed by atoms with E-state index in [2.05, 4.69) is 47.5 Å². The summed E-state index contributed by atoms with van der Waals surface area (Å²) in [7, 11) is 0. The fourth-order valence-corrected chi connectivity index (χ4v) is 2.97. The number of hydrogen-bond donors (Lipinski definition) is 1. The largest absolute Gasteiger partial charge is 0.355 e. The highest BCUT2D eigenvalue weighted by Gasteiger charge is 2.22. The lowest BCUT2D eigenvalue weighted by atomic mass is 10.0. The number of likely N-dealkylation sites (tertiary alicyclic amines) is 1. The number of carbonyl (C=O) groups excluding carboxylic acids is 1. The van der Waals surface area contributed by atoms with E-state index in [1.165, 1.54) is 24.8 Å². The molecule has 1 N–H and O–H groups in total. The molecule has 116 valence electrons. The Bertz CT molecular complexity index is 418. The third-order valence-electron chi connectivity index (χ3n) is 4.27. The molecule has 0 saturated carbocycles. The molecule has 2 rings (SSSR count). The van der Waals surface area contributed by atoms with Crippen molar-refractivity contribution in [1.29, 1.82) is 0 Å². The van der Waals surface area contributed by atoms with E-state index in [0.717, 1.165) is 32.5 Å². The van der Waals surface area contributed by atoms with Crippen LogP contribution in [-0.2, 0) is 11.3 Å². The molecule has 0 bridgehead atoms. The molecule has 1 aliphatic rings. The molecule has 1 aliphatic heterocycles. The second-order valence-electron chi connectivity index (χ2n) is 6.01. The van der Waals surface area contributed by atoms with Gasteiger partial charge < -0.3 is 5.32 Å². The number of unbranched alkanes of at least 4 members (excludes halogenated alkanes) is 1. The van der Waals surface area contributed by atoms with Gasteiger partial charge in [0.2, 0.25) is 5.91 Å². The second kappa shape index (κ2) is 8.83. The smallest absolute Gasteiger partial charge is 0.220 e. The van der Waals surface area contributed by atoms with Crippen LogP contribution in [0.1, 0.15) is 51.0 Å². The van der Waals surface area contributed by atoms with Gasteiger partial charge in [-0.25, -0.2) is 0 Å². The minimum atomic E-state index is 0.210.